The maximum atomic E-state index is 13.5. The molecule has 28 heavy (non-hydrogen) atoms. The Hall–Kier alpha value is -2.47. The highest BCUT2D eigenvalue weighted by atomic mass is 32.1. The fraction of sp³-hybridized carbons (Fsp3) is 0.318. The number of ether oxygens (including phenoxy) is 2. The van der Waals surface area contributed by atoms with Gasteiger partial charge in [0.1, 0.15) is 5.82 Å². The van der Waals surface area contributed by atoms with E-state index >= 15 is 0 Å². The maximum absolute atomic E-state index is 13.5. The van der Waals surface area contributed by atoms with Gasteiger partial charge in [-0.05, 0) is 68.1 Å². The van der Waals surface area contributed by atoms with E-state index in [2.05, 4.69) is 25.6 Å². The number of aryl methyl sites for hydroxylation is 1. The SMILES string of the molecule is COc1ccc(C2(C)CCCc3nc(S)n(-c4ccc(F)cc4)c32)cc1OC. The molecular weight excluding hydrogens is 375 g/mol. The van der Waals surface area contributed by atoms with Gasteiger partial charge in [-0.25, -0.2) is 9.37 Å². The van der Waals surface area contributed by atoms with E-state index in [1.165, 1.54) is 12.1 Å². The molecule has 1 aliphatic carbocycles. The first kappa shape index (κ1) is 18.9. The average Bonchev–Trinajstić information content (AvgIpc) is 3.05. The fourth-order valence-corrected chi connectivity index (χ4v) is 4.55. The van der Waals surface area contributed by atoms with Crippen LogP contribution in [0.4, 0.5) is 4.39 Å². The molecule has 0 bridgehead atoms. The lowest BCUT2D eigenvalue weighted by Gasteiger charge is -2.36. The number of hydrogen-bond acceptors (Lipinski definition) is 4. The molecule has 0 fully saturated rings. The highest BCUT2D eigenvalue weighted by Crippen LogP contribution is 2.46. The van der Waals surface area contributed by atoms with Crippen LogP contribution in [-0.4, -0.2) is 23.8 Å². The first-order valence-corrected chi connectivity index (χ1v) is 9.72. The second-order valence-electron chi connectivity index (χ2n) is 7.27. The summed E-state index contributed by atoms with van der Waals surface area (Å²) in [6, 6.07) is 12.5. The minimum Gasteiger partial charge on any atom is -0.493 e. The Morgan fingerprint density at radius 2 is 1.79 bits per heavy atom. The van der Waals surface area contributed by atoms with Crippen LogP contribution in [0.15, 0.2) is 47.6 Å². The summed E-state index contributed by atoms with van der Waals surface area (Å²) in [5.41, 5.74) is 3.84. The molecule has 6 heteroatoms. The number of aromatic nitrogens is 2. The normalized spacial score (nSPS) is 18.6. The van der Waals surface area contributed by atoms with E-state index in [0.717, 1.165) is 41.9 Å². The van der Waals surface area contributed by atoms with Gasteiger partial charge >= 0.3 is 0 Å². The first-order valence-electron chi connectivity index (χ1n) is 9.27. The van der Waals surface area contributed by atoms with Crippen LogP contribution >= 0.6 is 12.6 Å². The molecule has 4 rings (SSSR count). The minimum absolute atomic E-state index is 0.263. The summed E-state index contributed by atoms with van der Waals surface area (Å²) in [7, 11) is 3.28. The molecule has 1 aromatic heterocycles. The Balaban J connectivity index is 1.92. The molecule has 1 aliphatic rings. The van der Waals surface area contributed by atoms with Gasteiger partial charge in [-0.1, -0.05) is 6.07 Å². The van der Waals surface area contributed by atoms with Crippen molar-refractivity contribution in [1.82, 2.24) is 9.55 Å². The topological polar surface area (TPSA) is 36.3 Å². The van der Waals surface area contributed by atoms with Crippen LogP contribution in [-0.2, 0) is 11.8 Å². The monoisotopic (exact) mass is 398 g/mol. The summed E-state index contributed by atoms with van der Waals surface area (Å²) in [5.74, 6) is 1.14. The molecule has 0 N–H and O–H groups in total. The zero-order valence-corrected chi connectivity index (χ0v) is 17.1. The van der Waals surface area contributed by atoms with E-state index in [4.69, 9.17) is 14.5 Å². The lowest BCUT2D eigenvalue weighted by molar-refractivity contribution is 0.352. The summed E-state index contributed by atoms with van der Waals surface area (Å²) in [5, 5.41) is 0.616. The van der Waals surface area contributed by atoms with Gasteiger partial charge in [0.25, 0.3) is 0 Å². The van der Waals surface area contributed by atoms with E-state index < -0.39 is 0 Å². The van der Waals surface area contributed by atoms with Crippen LogP contribution in [0.1, 0.15) is 36.7 Å². The quantitative estimate of drug-likeness (QED) is 0.631. The number of halogens is 1. The maximum Gasteiger partial charge on any atom is 0.169 e. The van der Waals surface area contributed by atoms with Crippen LogP contribution in [0.5, 0.6) is 11.5 Å². The highest BCUT2D eigenvalue weighted by Gasteiger charge is 2.39. The van der Waals surface area contributed by atoms with Gasteiger partial charge < -0.3 is 9.47 Å². The molecular formula is C22H23FN2O2S. The van der Waals surface area contributed by atoms with Crippen molar-refractivity contribution in [1.29, 1.82) is 0 Å². The Kier molecular flexibility index (Phi) is 4.83. The highest BCUT2D eigenvalue weighted by molar-refractivity contribution is 7.80. The standard InChI is InChI=1S/C22H23FN2O2S/c1-22(14-6-11-18(26-2)19(13-14)27-3)12-4-5-17-20(22)25(21(28)24-17)16-9-7-15(23)8-10-16/h6-11,13H,4-5,12H2,1-3H3,(H,24,28). The molecule has 0 aliphatic heterocycles. The van der Waals surface area contributed by atoms with E-state index in [9.17, 15) is 4.39 Å². The van der Waals surface area contributed by atoms with Crippen LogP contribution in [0, 0.1) is 5.82 Å². The Bertz CT molecular complexity index is 1020. The third kappa shape index (κ3) is 2.96. The van der Waals surface area contributed by atoms with Crippen LogP contribution in [0.3, 0.4) is 0 Å². The predicted octanol–water partition coefficient (Wildman–Crippen LogP) is 4.96. The molecule has 0 spiro atoms. The Morgan fingerprint density at radius 3 is 2.46 bits per heavy atom. The first-order chi connectivity index (χ1) is 13.5. The number of rotatable bonds is 4. The van der Waals surface area contributed by atoms with Crippen molar-refractivity contribution in [2.24, 2.45) is 0 Å². The lowest BCUT2D eigenvalue weighted by atomic mass is 9.71. The van der Waals surface area contributed by atoms with Gasteiger partial charge in [-0.15, -0.1) is 12.6 Å². The molecule has 1 heterocycles. The third-order valence-corrected chi connectivity index (χ3v) is 5.95. The van der Waals surface area contributed by atoms with Crippen LogP contribution in [0.25, 0.3) is 5.69 Å². The lowest BCUT2D eigenvalue weighted by Crippen LogP contribution is -2.31. The summed E-state index contributed by atoms with van der Waals surface area (Å²) < 4.78 is 26.4. The second kappa shape index (κ2) is 7.17. The molecule has 0 radical (unpaired) electrons. The zero-order chi connectivity index (χ0) is 19.9. The van der Waals surface area contributed by atoms with Crippen molar-refractivity contribution in [3.63, 3.8) is 0 Å². The summed E-state index contributed by atoms with van der Waals surface area (Å²) >= 11 is 4.64. The molecule has 146 valence electrons. The average molecular weight is 399 g/mol. The van der Waals surface area contributed by atoms with Crippen molar-refractivity contribution in [3.8, 4) is 17.2 Å². The van der Waals surface area contributed by atoms with E-state index in [1.807, 2.05) is 16.7 Å². The smallest absolute Gasteiger partial charge is 0.169 e. The van der Waals surface area contributed by atoms with Gasteiger partial charge in [0.05, 0.1) is 25.6 Å². The number of nitrogens with zero attached hydrogens (tertiary/aromatic N) is 2. The van der Waals surface area contributed by atoms with Gasteiger partial charge in [-0.2, -0.15) is 0 Å². The molecule has 0 amide bonds. The predicted molar refractivity (Wildman–Crippen MR) is 110 cm³/mol. The van der Waals surface area contributed by atoms with Crippen molar-refractivity contribution in [2.75, 3.05) is 14.2 Å². The largest absolute Gasteiger partial charge is 0.493 e. The molecule has 1 atom stereocenters. The Morgan fingerprint density at radius 1 is 1.07 bits per heavy atom. The van der Waals surface area contributed by atoms with Crippen molar-refractivity contribution in [3.05, 3.63) is 65.2 Å². The fourth-order valence-electron chi connectivity index (χ4n) is 4.22. The van der Waals surface area contributed by atoms with Crippen LogP contribution in [0.2, 0.25) is 0 Å². The van der Waals surface area contributed by atoms with Gasteiger partial charge in [0.2, 0.25) is 0 Å². The molecule has 0 saturated heterocycles. The van der Waals surface area contributed by atoms with Crippen molar-refractivity contribution < 1.29 is 13.9 Å². The molecule has 3 aromatic rings. The van der Waals surface area contributed by atoms with Gasteiger partial charge in [-0.3, -0.25) is 4.57 Å². The minimum atomic E-state index is -0.282. The molecule has 0 saturated carbocycles. The van der Waals surface area contributed by atoms with Crippen molar-refractivity contribution >= 4 is 12.6 Å². The van der Waals surface area contributed by atoms with Crippen LogP contribution < -0.4 is 9.47 Å². The Labute approximate surface area is 169 Å². The van der Waals surface area contributed by atoms with E-state index in [1.54, 1.807) is 26.4 Å². The molecule has 1 unspecified atom stereocenters. The van der Waals surface area contributed by atoms with Gasteiger partial charge in [0.15, 0.2) is 16.7 Å². The third-order valence-electron chi connectivity index (χ3n) is 5.65. The number of imidazole rings is 1. The van der Waals surface area contributed by atoms with E-state index in [-0.39, 0.29) is 11.2 Å². The summed E-state index contributed by atoms with van der Waals surface area (Å²) in [6.07, 6.45) is 2.90. The number of methoxy groups -OCH3 is 2. The molecule has 2 aromatic carbocycles. The summed E-state index contributed by atoms with van der Waals surface area (Å²) in [6.45, 7) is 2.22. The number of hydrogen-bond donors (Lipinski definition) is 1. The van der Waals surface area contributed by atoms with Crippen molar-refractivity contribution in [2.45, 2.75) is 36.8 Å². The second-order valence-corrected chi connectivity index (χ2v) is 7.67. The zero-order valence-electron chi connectivity index (χ0n) is 16.2. The number of thiol groups is 1. The number of benzene rings is 2. The van der Waals surface area contributed by atoms with E-state index in [0.29, 0.717) is 16.7 Å². The number of fused-ring (bicyclic) bond motifs is 1. The summed E-state index contributed by atoms with van der Waals surface area (Å²) in [4.78, 5) is 4.72. The molecule has 4 nitrogen and oxygen atoms in total. The van der Waals surface area contributed by atoms with Gasteiger partial charge in [0, 0.05) is 11.1 Å².